The van der Waals surface area contributed by atoms with Gasteiger partial charge in [0.25, 0.3) is 0 Å². The van der Waals surface area contributed by atoms with Crippen LogP contribution in [0.4, 0.5) is 4.79 Å². The Hall–Kier alpha value is -3.48. The normalized spacial score (nSPS) is 16.1. The van der Waals surface area contributed by atoms with E-state index in [4.69, 9.17) is 14.2 Å². The molecule has 146 valence electrons. The van der Waals surface area contributed by atoms with Crippen LogP contribution in [0.3, 0.4) is 0 Å². The molecule has 0 saturated heterocycles. The van der Waals surface area contributed by atoms with Gasteiger partial charge in [0, 0.05) is 11.3 Å². The molecule has 7 heteroatoms. The Kier molecular flexibility index (Phi) is 5.84. The van der Waals surface area contributed by atoms with Crippen molar-refractivity contribution in [3.63, 3.8) is 0 Å². The summed E-state index contributed by atoms with van der Waals surface area (Å²) in [5.74, 6) is 0.781. The van der Waals surface area contributed by atoms with E-state index in [1.54, 1.807) is 45.4 Å². The maximum atomic E-state index is 12.9. The van der Waals surface area contributed by atoms with Crippen molar-refractivity contribution in [2.75, 3.05) is 14.2 Å². The van der Waals surface area contributed by atoms with Gasteiger partial charge in [-0.25, -0.2) is 9.59 Å². The number of para-hydroxylation sites is 1. The van der Waals surface area contributed by atoms with Crippen molar-refractivity contribution in [2.24, 2.45) is 0 Å². The fourth-order valence-corrected chi connectivity index (χ4v) is 3.05. The van der Waals surface area contributed by atoms with Crippen molar-refractivity contribution in [1.29, 1.82) is 0 Å². The summed E-state index contributed by atoms with van der Waals surface area (Å²) in [4.78, 5) is 24.9. The van der Waals surface area contributed by atoms with Gasteiger partial charge >= 0.3 is 12.0 Å². The van der Waals surface area contributed by atoms with E-state index in [1.165, 1.54) is 0 Å². The summed E-state index contributed by atoms with van der Waals surface area (Å²) in [6.45, 7) is 1.78. The van der Waals surface area contributed by atoms with Gasteiger partial charge in [0.2, 0.25) is 0 Å². The summed E-state index contributed by atoms with van der Waals surface area (Å²) >= 11 is 0. The molecule has 0 bridgehead atoms. The molecule has 28 heavy (non-hydrogen) atoms. The number of hydrogen-bond acceptors (Lipinski definition) is 5. The summed E-state index contributed by atoms with van der Waals surface area (Å²) < 4.78 is 16.0. The van der Waals surface area contributed by atoms with E-state index in [0.717, 1.165) is 11.3 Å². The summed E-state index contributed by atoms with van der Waals surface area (Å²) in [6.07, 6.45) is 0. The van der Waals surface area contributed by atoms with Crippen LogP contribution < -0.4 is 20.1 Å². The average Bonchev–Trinajstić information content (AvgIpc) is 2.71. The van der Waals surface area contributed by atoms with Crippen LogP contribution in [-0.2, 0) is 16.1 Å². The fourth-order valence-electron chi connectivity index (χ4n) is 3.05. The van der Waals surface area contributed by atoms with Crippen molar-refractivity contribution in [3.05, 3.63) is 70.9 Å². The lowest BCUT2D eigenvalue weighted by Crippen LogP contribution is -2.45. The van der Waals surface area contributed by atoms with E-state index < -0.39 is 12.0 Å². The minimum Gasteiger partial charge on any atom is -0.497 e. The number of ether oxygens (including phenoxy) is 3. The quantitative estimate of drug-likeness (QED) is 0.750. The van der Waals surface area contributed by atoms with Crippen LogP contribution in [0.5, 0.6) is 11.5 Å². The van der Waals surface area contributed by atoms with E-state index in [2.05, 4.69) is 10.6 Å². The highest BCUT2D eigenvalue weighted by molar-refractivity contribution is 5.95. The van der Waals surface area contributed by atoms with Crippen LogP contribution in [-0.4, -0.2) is 26.2 Å². The van der Waals surface area contributed by atoms with Crippen molar-refractivity contribution in [2.45, 2.75) is 19.6 Å². The maximum absolute atomic E-state index is 12.9. The van der Waals surface area contributed by atoms with Crippen molar-refractivity contribution in [3.8, 4) is 11.5 Å². The Balaban J connectivity index is 1.84. The number of benzene rings is 2. The number of nitrogens with one attached hydrogen (secondary N) is 2. The minimum absolute atomic E-state index is 0.103. The fraction of sp³-hybridized carbons (Fsp3) is 0.238. The van der Waals surface area contributed by atoms with Crippen LogP contribution in [0.15, 0.2) is 59.8 Å². The van der Waals surface area contributed by atoms with Crippen LogP contribution in [0.1, 0.15) is 24.1 Å². The molecule has 0 fully saturated rings. The maximum Gasteiger partial charge on any atom is 0.338 e. The van der Waals surface area contributed by atoms with Gasteiger partial charge in [0.15, 0.2) is 0 Å². The third kappa shape index (κ3) is 4.09. The van der Waals surface area contributed by atoms with E-state index in [0.29, 0.717) is 22.6 Å². The summed E-state index contributed by atoms with van der Waals surface area (Å²) in [5, 5.41) is 5.41. The number of rotatable bonds is 6. The van der Waals surface area contributed by atoms with E-state index in [9.17, 15) is 9.59 Å². The number of urea groups is 1. The first-order valence-electron chi connectivity index (χ1n) is 8.74. The molecule has 0 aromatic heterocycles. The number of esters is 1. The Morgan fingerprint density at radius 3 is 2.43 bits per heavy atom. The SMILES string of the molecule is COc1ccc(COC(=O)C2=C(C)NC(=O)N[C@@H]2c2ccccc2OC)cc1. The largest absolute Gasteiger partial charge is 0.497 e. The molecule has 3 rings (SSSR count). The van der Waals surface area contributed by atoms with Gasteiger partial charge in [-0.15, -0.1) is 0 Å². The Morgan fingerprint density at radius 1 is 1.04 bits per heavy atom. The van der Waals surface area contributed by atoms with E-state index >= 15 is 0 Å². The third-order valence-corrected chi connectivity index (χ3v) is 4.47. The molecule has 0 spiro atoms. The first-order chi connectivity index (χ1) is 13.5. The number of carbonyl (C=O) groups excluding carboxylic acids is 2. The minimum atomic E-state index is -0.673. The molecule has 1 heterocycles. The molecule has 0 saturated carbocycles. The van der Waals surface area contributed by atoms with Gasteiger partial charge in [0.05, 0.1) is 25.8 Å². The second-order valence-electron chi connectivity index (χ2n) is 6.24. The third-order valence-electron chi connectivity index (χ3n) is 4.47. The van der Waals surface area contributed by atoms with E-state index in [1.807, 2.05) is 24.3 Å². The highest BCUT2D eigenvalue weighted by Crippen LogP contribution is 2.33. The lowest BCUT2D eigenvalue weighted by atomic mass is 9.95. The lowest BCUT2D eigenvalue weighted by molar-refractivity contribution is -0.140. The predicted octanol–water partition coefficient (Wildman–Crippen LogP) is 3.08. The van der Waals surface area contributed by atoms with Crippen molar-refractivity contribution in [1.82, 2.24) is 10.6 Å². The zero-order valence-electron chi connectivity index (χ0n) is 15.9. The highest BCUT2D eigenvalue weighted by atomic mass is 16.5. The first-order valence-corrected chi connectivity index (χ1v) is 8.74. The molecular formula is C21H22N2O5. The van der Waals surface area contributed by atoms with Gasteiger partial charge in [0.1, 0.15) is 18.1 Å². The van der Waals surface area contributed by atoms with Crippen molar-refractivity contribution >= 4 is 12.0 Å². The van der Waals surface area contributed by atoms with Crippen LogP contribution in [0.2, 0.25) is 0 Å². The number of carbonyl (C=O) groups is 2. The number of methoxy groups -OCH3 is 2. The van der Waals surface area contributed by atoms with E-state index in [-0.39, 0.29) is 12.6 Å². The summed E-state index contributed by atoms with van der Waals surface area (Å²) in [6, 6.07) is 13.4. The number of allylic oxidation sites excluding steroid dienone is 1. The molecule has 0 radical (unpaired) electrons. The van der Waals surface area contributed by atoms with Gasteiger partial charge in [-0.3, -0.25) is 0 Å². The molecule has 1 aliphatic rings. The summed E-state index contributed by atoms with van der Waals surface area (Å²) in [5.41, 5.74) is 2.28. The smallest absolute Gasteiger partial charge is 0.338 e. The molecule has 7 nitrogen and oxygen atoms in total. The molecule has 1 aliphatic heterocycles. The summed E-state index contributed by atoms with van der Waals surface area (Å²) in [7, 11) is 3.13. The molecule has 0 unspecified atom stereocenters. The highest BCUT2D eigenvalue weighted by Gasteiger charge is 2.33. The van der Waals surface area contributed by atoms with Gasteiger partial charge in [-0.1, -0.05) is 30.3 Å². The topological polar surface area (TPSA) is 85.9 Å². The molecule has 2 aromatic carbocycles. The molecule has 2 N–H and O–H groups in total. The monoisotopic (exact) mass is 382 g/mol. The average molecular weight is 382 g/mol. The second kappa shape index (κ2) is 8.47. The molecular weight excluding hydrogens is 360 g/mol. The molecule has 1 atom stereocenters. The van der Waals surface area contributed by atoms with Crippen molar-refractivity contribution < 1.29 is 23.8 Å². The molecule has 0 aliphatic carbocycles. The Morgan fingerprint density at radius 2 is 1.75 bits per heavy atom. The van der Waals surface area contributed by atoms with Crippen LogP contribution in [0.25, 0.3) is 0 Å². The molecule has 2 aromatic rings. The van der Waals surface area contributed by atoms with Gasteiger partial charge in [-0.05, 0) is 30.7 Å². The number of hydrogen-bond donors (Lipinski definition) is 2. The second-order valence-corrected chi connectivity index (χ2v) is 6.24. The zero-order chi connectivity index (χ0) is 20.1. The Labute approximate surface area is 163 Å². The lowest BCUT2D eigenvalue weighted by Gasteiger charge is -2.29. The molecule has 2 amide bonds. The van der Waals surface area contributed by atoms with Gasteiger partial charge < -0.3 is 24.8 Å². The first kappa shape index (κ1) is 19.3. The standard InChI is InChI=1S/C21H22N2O5/c1-13-18(20(24)28-12-14-8-10-15(26-2)11-9-14)19(23-21(25)22-13)16-6-4-5-7-17(16)27-3/h4-11,19H,12H2,1-3H3,(H2,22,23,25)/t19-/m1/s1. The predicted molar refractivity (Wildman–Crippen MR) is 103 cm³/mol. The van der Waals surface area contributed by atoms with Crippen LogP contribution >= 0.6 is 0 Å². The van der Waals surface area contributed by atoms with Crippen LogP contribution in [0, 0.1) is 0 Å². The van der Waals surface area contributed by atoms with Gasteiger partial charge in [-0.2, -0.15) is 0 Å². The number of amides is 2. The Bertz CT molecular complexity index is 905. The zero-order valence-corrected chi connectivity index (χ0v) is 15.9.